The van der Waals surface area contributed by atoms with Crippen LogP contribution >= 0.6 is 0 Å². The minimum absolute atomic E-state index is 0.304. The van der Waals surface area contributed by atoms with Crippen molar-refractivity contribution in [1.82, 2.24) is 4.90 Å². The van der Waals surface area contributed by atoms with Crippen LogP contribution in [0.25, 0.3) is 0 Å². The predicted molar refractivity (Wildman–Crippen MR) is 78.3 cm³/mol. The van der Waals surface area contributed by atoms with Crippen molar-refractivity contribution >= 4 is 5.91 Å². The zero-order valence-corrected chi connectivity index (χ0v) is 11.3. The fourth-order valence-corrected chi connectivity index (χ4v) is 3.66. The van der Waals surface area contributed by atoms with Gasteiger partial charge in [-0.1, -0.05) is 54.6 Å². The average molecular weight is 263 g/mol. The van der Waals surface area contributed by atoms with Gasteiger partial charge in [0.2, 0.25) is 5.91 Å². The van der Waals surface area contributed by atoms with Crippen LogP contribution in [0.4, 0.5) is 0 Å². The van der Waals surface area contributed by atoms with E-state index in [0.29, 0.717) is 24.3 Å². The second-order valence-electron chi connectivity index (χ2n) is 5.78. The van der Waals surface area contributed by atoms with Gasteiger partial charge in [-0.15, -0.1) is 0 Å². The lowest BCUT2D eigenvalue weighted by Gasteiger charge is -2.34. The molecule has 0 spiro atoms. The van der Waals surface area contributed by atoms with Crippen LogP contribution in [0.3, 0.4) is 0 Å². The molecule has 2 aliphatic rings. The third-order valence-electron chi connectivity index (χ3n) is 4.70. The van der Waals surface area contributed by atoms with E-state index in [2.05, 4.69) is 53.4 Å². The van der Waals surface area contributed by atoms with E-state index >= 15 is 0 Å². The van der Waals surface area contributed by atoms with Gasteiger partial charge in [-0.05, 0) is 23.1 Å². The van der Waals surface area contributed by atoms with E-state index in [1.165, 1.54) is 16.7 Å². The molecular formula is C18H17NO. The van der Waals surface area contributed by atoms with Gasteiger partial charge in [-0.2, -0.15) is 0 Å². The first kappa shape index (κ1) is 11.7. The topological polar surface area (TPSA) is 20.3 Å². The molecule has 0 N–H and O–H groups in total. The molecule has 0 saturated carbocycles. The number of hydrogen-bond donors (Lipinski definition) is 0. The Balaban J connectivity index is 1.72. The molecule has 0 radical (unpaired) electrons. The lowest BCUT2D eigenvalue weighted by molar-refractivity contribution is -0.129. The number of nitrogens with zero attached hydrogens (tertiary/aromatic N) is 1. The molecule has 1 amide bonds. The molecule has 2 nitrogen and oxygen atoms in total. The summed E-state index contributed by atoms with van der Waals surface area (Å²) >= 11 is 0. The van der Waals surface area contributed by atoms with E-state index in [1.807, 2.05) is 6.07 Å². The van der Waals surface area contributed by atoms with E-state index < -0.39 is 0 Å². The Morgan fingerprint density at radius 3 is 2.35 bits per heavy atom. The minimum Gasteiger partial charge on any atom is -0.334 e. The van der Waals surface area contributed by atoms with Gasteiger partial charge in [-0.3, -0.25) is 4.79 Å². The fraction of sp³-hybridized carbons (Fsp3) is 0.278. The summed E-state index contributed by atoms with van der Waals surface area (Å²) in [7, 11) is 0. The molecule has 1 saturated heterocycles. The first-order chi connectivity index (χ1) is 9.83. The maximum Gasteiger partial charge on any atom is 0.223 e. The van der Waals surface area contributed by atoms with Gasteiger partial charge in [0.15, 0.2) is 0 Å². The largest absolute Gasteiger partial charge is 0.334 e. The summed E-state index contributed by atoms with van der Waals surface area (Å²) in [5, 5.41) is 0. The number of amides is 1. The Bertz CT molecular complexity index is 649. The lowest BCUT2D eigenvalue weighted by atomic mass is 9.85. The Labute approximate surface area is 119 Å². The highest BCUT2D eigenvalue weighted by atomic mass is 16.2. The highest BCUT2D eigenvalue weighted by molar-refractivity contribution is 5.81. The maximum absolute atomic E-state index is 12.3. The van der Waals surface area contributed by atoms with Crippen molar-refractivity contribution in [2.45, 2.75) is 31.3 Å². The Morgan fingerprint density at radius 2 is 1.55 bits per heavy atom. The van der Waals surface area contributed by atoms with Crippen molar-refractivity contribution in [3.8, 4) is 0 Å². The number of carbonyl (C=O) groups is 1. The Kier molecular flexibility index (Phi) is 2.62. The van der Waals surface area contributed by atoms with Crippen molar-refractivity contribution in [3.63, 3.8) is 0 Å². The van der Waals surface area contributed by atoms with Crippen LogP contribution in [0.15, 0.2) is 54.6 Å². The number of fused-ring (bicyclic) bond motifs is 2. The fourth-order valence-electron chi connectivity index (χ4n) is 3.66. The quantitative estimate of drug-likeness (QED) is 0.774. The molecule has 2 atom stereocenters. The first-order valence-electron chi connectivity index (χ1n) is 7.24. The monoisotopic (exact) mass is 263 g/mol. The zero-order chi connectivity index (χ0) is 13.5. The minimum atomic E-state index is 0.304. The molecule has 100 valence electrons. The summed E-state index contributed by atoms with van der Waals surface area (Å²) in [5.41, 5.74) is 4.02. The number of benzene rings is 2. The van der Waals surface area contributed by atoms with Crippen LogP contribution in [0.1, 0.15) is 29.0 Å². The summed E-state index contributed by atoms with van der Waals surface area (Å²) in [4.78, 5) is 14.4. The summed E-state index contributed by atoms with van der Waals surface area (Å²) in [6.45, 7) is 0.781. The van der Waals surface area contributed by atoms with E-state index in [9.17, 15) is 4.79 Å². The van der Waals surface area contributed by atoms with Gasteiger partial charge < -0.3 is 4.90 Å². The molecule has 1 fully saturated rings. The van der Waals surface area contributed by atoms with Crippen molar-refractivity contribution in [2.75, 3.05) is 0 Å². The number of hydrogen-bond acceptors (Lipinski definition) is 1. The molecule has 20 heavy (non-hydrogen) atoms. The summed E-state index contributed by atoms with van der Waals surface area (Å²) in [5.74, 6) is 0.649. The Hall–Kier alpha value is -2.09. The predicted octanol–water partition coefficient (Wildman–Crippen LogP) is 3.13. The van der Waals surface area contributed by atoms with Crippen molar-refractivity contribution in [1.29, 1.82) is 0 Å². The van der Waals surface area contributed by atoms with E-state index in [1.54, 1.807) is 0 Å². The molecule has 4 rings (SSSR count). The molecular weight excluding hydrogens is 246 g/mol. The van der Waals surface area contributed by atoms with Crippen LogP contribution in [0.2, 0.25) is 0 Å². The van der Waals surface area contributed by atoms with Gasteiger partial charge in [-0.25, -0.2) is 0 Å². The summed E-state index contributed by atoms with van der Waals surface area (Å²) in [6, 6.07) is 19.3. The normalized spacial score (nSPS) is 24.4. The van der Waals surface area contributed by atoms with Crippen LogP contribution in [-0.2, 0) is 17.8 Å². The van der Waals surface area contributed by atoms with Gasteiger partial charge in [0, 0.05) is 24.9 Å². The molecule has 0 bridgehead atoms. The van der Waals surface area contributed by atoms with Crippen LogP contribution in [0, 0.1) is 0 Å². The molecule has 2 unspecified atom stereocenters. The standard InChI is InChI=1S/C18H17NO/c20-18-11-16(13-6-2-1-3-7-13)17-10-14-8-4-5-9-15(14)12-19(17)18/h1-9,16-17H,10-12H2. The van der Waals surface area contributed by atoms with Crippen molar-refractivity contribution in [3.05, 3.63) is 71.3 Å². The van der Waals surface area contributed by atoms with Gasteiger partial charge in [0.25, 0.3) is 0 Å². The lowest BCUT2D eigenvalue weighted by Crippen LogP contribution is -2.39. The van der Waals surface area contributed by atoms with Crippen molar-refractivity contribution in [2.24, 2.45) is 0 Å². The van der Waals surface area contributed by atoms with E-state index in [4.69, 9.17) is 0 Å². The molecule has 2 aliphatic heterocycles. The van der Waals surface area contributed by atoms with E-state index in [0.717, 1.165) is 13.0 Å². The molecule has 0 aliphatic carbocycles. The highest BCUT2D eigenvalue weighted by Gasteiger charge is 2.42. The molecule has 2 heterocycles. The van der Waals surface area contributed by atoms with Crippen LogP contribution < -0.4 is 0 Å². The second kappa shape index (κ2) is 4.48. The van der Waals surface area contributed by atoms with Gasteiger partial charge in [0.05, 0.1) is 0 Å². The maximum atomic E-state index is 12.3. The second-order valence-corrected chi connectivity index (χ2v) is 5.78. The smallest absolute Gasteiger partial charge is 0.223 e. The third kappa shape index (κ3) is 1.75. The highest BCUT2D eigenvalue weighted by Crippen LogP contribution is 2.40. The van der Waals surface area contributed by atoms with Crippen molar-refractivity contribution < 1.29 is 4.79 Å². The molecule has 2 aromatic rings. The summed E-state index contributed by atoms with van der Waals surface area (Å²) < 4.78 is 0. The van der Waals surface area contributed by atoms with Gasteiger partial charge >= 0.3 is 0 Å². The zero-order valence-electron chi connectivity index (χ0n) is 11.3. The third-order valence-corrected chi connectivity index (χ3v) is 4.70. The molecule has 2 heteroatoms. The first-order valence-corrected chi connectivity index (χ1v) is 7.24. The molecule has 0 aromatic heterocycles. The van der Waals surface area contributed by atoms with E-state index in [-0.39, 0.29) is 0 Å². The van der Waals surface area contributed by atoms with Crippen LogP contribution in [0.5, 0.6) is 0 Å². The van der Waals surface area contributed by atoms with Gasteiger partial charge in [0.1, 0.15) is 0 Å². The SMILES string of the molecule is O=C1CC(c2ccccc2)C2Cc3ccccc3CN12. The molecule has 2 aromatic carbocycles. The average Bonchev–Trinajstić information content (AvgIpc) is 2.83. The number of rotatable bonds is 1. The van der Waals surface area contributed by atoms with Crippen LogP contribution in [-0.4, -0.2) is 16.8 Å². The Morgan fingerprint density at radius 1 is 0.850 bits per heavy atom. The summed E-state index contributed by atoms with van der Waals surface area (Å²) in [6.07, 6.45) is 1.64. The number of carbonyl (C=O) groups excluding carboxylic acids is 1.